The normalized spacial score (nSPS) is 40.1. The highest BCUT2D eigenvalue weighted by atomic mass is 16.3. The minimum absolute atomic E-state index is 0.0472. The van der Waals surface area contributed by atoms with Crippen molar-refractivity contribution in [2.24, 2.45) is 81.2 Å². The number of aliphatic hydroxyl groups excluding tert-OH is 2. The maximum Gasteiger partial charge on any atom is 0.223 e. The molecular formula is C49H91N3O3. The van der Waals surface area contributed by atoms with Gasteiger partial charge in [0.25, 0.3) is 0 Å². The van der Waals surface area contributed by atoms with Gasteiger partial charge in [-0.15, -0.1) is 0 Å². The molecule has 0 heterocycles. The molecule has 6 N–H and O–H groups in total. The van der Waals surface area contributed by atoms with E-state index in [1.54, 1.807) is 0 Å². The Hall–Kier alpha value is -0.690. The van der Waals surface area contributed by atoms with Gasteiger partial charge in [-0.1, -0.05) is 113 Å². The van der Waals surface area contributed by atoms with Crippen LogP contribution in [0.3, 0.4) is 0 Å². The van der Waals surface area contributed by atoms with Crippen LogP contribution >= 0.6 is 0 Å². The van der Waals surface area contributed by atoms with Gasteiger partial charge in [-0.05, 0) is 166 Å². The highest BCUT2D eigenvalue weighted by Crippen LogP contribution is 2.77. The van der Waals surface area contributed by atoms with Crippen molar-refractivity contribution in [1.82, 2.24) is 10.6 Å². The van der Waals surface area contributed by atoms with Crippen LogP contribution in [0, 0.1) is 75.4 Å². The summed E-state index contributed by atoms with van der Waals surface area (Å²) in [5, 5.41) is 30.6. The molecule has 0 aromatic carbocycles. The zero-order valence-corrected chi connectivity index (χ0v) is 37.2. The Morgan fingerprint density at radius 2 is 1.38 bits per heavy atom. The van der Waals surface area contributed by atoms with Gasteiger partial charge in [0, 0.05) is 12.5 Å². The number of hydrogen-bond acceptors (Lipinski definition) is 5. The van der Waals surface area contributed by atoms with Crippen molar-refractivity contribution in [1.29, 1.82) is 0 Å². The number of carbonyl (C=O) groups excluding carboxylic acids is 1. The third kappa shape index (κ3) is 10.2. The third-order valence-electron chi connectivity index (χ3n) is 17.8. The van der Waals surface area contributed by atoms with Crippen LogP contribution in [0.1, 0.15) is 190 Å². The fourth-order valence-corrected chi connectivity index (χ4v) is 14.6. The minimum Gasteiger partial charge on any atom is -0.393 e. The average molecular weight is 770 g/mol. The molecule has 320 valence electrons. The van der Waals surface area contributed by atoms with Gasteiger partial charge < -0.3 is 26.6 Å². The molecule has 5 fully saturated rings. The quantitative estimate of drug-likeness (QED) is 0.0629. The Bertz CT molecular complexity index is 1160. The predicted molar refractivity (Wildman–Crippen MR) is 230 cm³/mol. The molecule has 14 atom stereocenters. The average Bonchev–Trinajstić information content (AvgIpc) is 3.87. The van der Waals surface area contributed by atoms with Crippen molar-refractivity contribution < 1.29 is 15.0 Å². The molecule has 1 amide bonds. The number of nitrogens with one attached hydrogen (secondary N) is 2. The van der Waals surface area contributed by atoms with Gasteiger partial charge in [0.2, 0.25) is 5.91 Å². The highest BCUT2D eigenvalue weighted by molar-refractivity contribution is 5.79. The summed E-state index contributed by atoms with van der Waals surface area (Å²) in [6, 6.07) is 0. The van der Waals surface area contributed by atoms with E-state index in [1.165, 1.54) is 96.3 Å². The van der Waals surface area contributed by atoms with Gasteiger partial charge in [0.1, 0.15) is 0 Å². The molecule has 55 heavy (non-hydrogen) atoms. The second-order valence-electron chi connectivity index (χ2n) is 21.5. The Labute approximate surface area is 339 Å². The van der Waals surface area contributed by atoms with Crippen molar-refractivity contribution in [2.45, 2.75) is 202 Å². The lowest BCUT2D eigenvalue weighted by Crippen LogP contribution is -2.66. The number of unbranched alkanes of at least 4 members (excludes halogenated alkanes) is 9. The van der Waals surface area contributed by atoms with Crippen LogP contribution in [0.15, 0.2) is 0 Å². The van der Waals surface area contributed by atoms with Crippen LogP contribution in [0.5, 0.6) is 0 Å². The molecule has 0 spiro atoms. The van der Waals surface area contributed by atoms with Crippen molar-refractivity contribution in [3.8, 4) is 0 Å². The first kappa shape index (κ1) is 45.4. The van der Waals surface area contributed by atoms with E-state index in [4.69, 9.17) is 5.73 Å². The maximum absolute atomic E-state index is 14.6. The topological polar surface area (TPSA) is 108 Å². The SMILES string of the molecule is CCC1CC1C1CC2(C)C(CC(O)C3C4(C)CCC(O)C(C)C4CCC32C)C1C(CCCC(C)C)C(=O)NCCCCCCCCNCCCCCCCN. The number of nitrogens with two attached hydrogens (primary N) is 1. The molecule has 0 aliphatic heterocycles. The Morgan fingerprint density at radius 1 is 0.745 bits per heavy atom. The number of carbonyl (C=O) groups is 1. The van der Waals surface area contributed by atoms with E-state index < -0.39 is 0 Å². The lowest BCUT2D eigenvalue weighted by Gasteiger charge is -2.69. The summed E-state index contributed by atoms with van der Waals surface area (Å²) in [7, 11) is 0. The first-order valence-electron chi connectivity index (χ1n) is 24.4. The first-order valence-corrected chi connectivity index (χ1v) is 24.4. The lowest BCUT2D eigenvalue weighted by molar-refractivity contribution is -0.239. The van der Waals surface area contributed by atoms with E-state index in [9.17, 15) is 15.0 Å². The lowest BCUT2D eigenvalue weighted by atomic mass is 9.36. The van der Waals surface area contributed by atoms with Crippen LogP contribution in [0.4, 0.5) is 0 Å². The fourth-order valence-electron chi connectivity index (χ4n) is 14.6. The molecule has 6 nitrogen and oxygen atoms in total. The molecule has 5 rings (SSSR count). The van der Waals surface area contributed by atoms with Crippen LogP contribution < -0.4 is 16.4 Å². The second kappa shape index (κ2) is 20.5. The van der Waals surface area contributed by atoms with E-state index >= 15 is 0 Å². The van der Waals surface area contributed by atoms with Gasteiger partial charge in [-0.2, -0.15) is 0 Å². The molecular weight excluding hydrogens is 679 g/mol. The first-order chi connectivity index (χ1) is 26.3. The van der Waals surface area contributed by atoms with Crippen molar-refractivity contribution in [3.63, 3.8) is 0 Å². The van der Waals surface area contributed by atoms with Gasteiger partial charge in [-0.25, -0.2) is 0 Å². The molecule has 14 unspecified atom stereocenters. The summed E-state index contributed by atoms with van der Waals surface area (Å²) >= 11 is 0. The monoisotopic (exact) mass is 770 g/mol. The van der Waals surface area contributed by atoms with E-state index in [0.29, 0.717) is 41.4 Å². The summed E-state index contributed by atoms with van der Waals surface area (Å²) in [6.45, 7) is 21.0. The summed E-state index contributed by atoms with van der Waals surface area (Å²) in [4.78, 5) is 14.6. The number of amides is 1. The van der Waals surface area contributed by atoms with Gasteiger partial charge >= 0.3 is 0 Å². The fraction of sp³-hybridized carbons (Fsp3) is 0.980. The predicted octanol–water partition coefficient (Wildman–Crippen LogP) is 10.3. The highest BCUT2D eigenvalue weighted by Gasteiger charge is 2.72. The summed E-state index contributed by atoms with van der Waals surface area (Å²) in [5.41, 5.74) is 5.83. The standard InChI is InChI=1S/C49H91N3O3/c1-8-36-31-38(36)39-33-49(7)41(32-43(54)45-47(5)25-24-42(53)35(4)40(47)23-26-48(45,49)6)44(39)37(22-20-21-34(2)3)46(55)52-30-19-15-10-9-13-17-28-51-29-18-14-11-12-16-27-50/h34-45,51,53-54H,8-33,50H2,1-7H3,(H,52,55). The zero-order chi connectivity index (χ0) is 39.8. The number of aliphatic hydroxyl groups is 2. The van der Waals surface area contributed by atoms with Crippen molar-refractivity contribution in [3.05, 3.63) is 0 Å². The molecule has 6 heteroatoms. The molecule has 0 bridgehead atoms. The maximum atomic E-state index is 14.6. The molecule has 5 aliphatic carbocycles. The summed E-state index contributed by atoms with van der Waals surface area (Å²) in [5.74, 6) is 4.98. The van der Waals surface area contributed by atoms with Crippen molar-refractivity contribution >= 4 is 5.91 Å². The van der Waals surface area contributed by atoms with E-state index in [-0.39, 0.29) is 40.3 Å². The summed E-state index contributed by atoms with van der Waals surface area (Å²) in [6.07, 6.45) is 25.4. The molecule has 0 aromatic heterocycles. The third-order valence-corrected chi connectivity index (χ3v) is 17.8. The van der Waals surface area contributed by atoms with Gasteiger partial charge in [-0.3, -0.25) is 4.79 Å². The van der Waals surface area contributed by atoms with Crippen LogP contribution in [0.2, 0.25) is 0 Å². The number of rotatable bonds is 24. The van der Waals surface area contributed by atoms with Crippen LogP contribution in [0.25, 0.3) is 0 Å². The van der Waals surface area contributed by atoms with Gasteiger partial charge in [0.15, 0.2) is 0 Å². The molecule has 0 aromatic rings. The Morgan fingerprint density at radius 3 is 2.00 bits per heavy atom. The Balaban J connectivity index is 1.20. The minimum atomic E-state index is -0.326. The van der Waals surface area contributed by atoms with E-state index in [2.05, 4.69) is 59.1 Å². The van der Waals surface area contributed by atoms with Gasteiger partial charge in [0.05, 0.1) is 12.2 Å². The Kier molecular flexibility index (Phi) is 16.9. The number of fused-ring (bicyclic) bond motifs is 5. The number of hydrogen-bond donors (Lipinski definition) is 5. The second-order valence-corrected chi connectivity index (χ2v) is 21.5. The molecule has 5 saturated carbocycles. The molecule has 0 saturated heterocycles. The summed E-state index contributed by atoms with van der Waals surface area (Å²) < 4.78 is 0. The largest absolute Gasteiger partial charge is 0.393 e. The smallest absolute Gasteiger partial charge is 0.223 e. The van der Waals surface area contributed by atoms with E-state index in [0.717, 1.165) is 83.0 Å². The van der Waals surface area contributed by atoms with Crippen molar-refractivity contribution in [2.75, 3.05) is 26.2 Å². The molecule has 0 radical (unpaired) electrons. The zero-order valence-electron chi connectivity index (χ0n) is 37.2. The van der Waals surface area contributed by atoms with Crippen LogP contribution in [-0.2, 0) is 4.79 Å². The van der Waals surface area contributed by atoms with E-state index in [1.807, 2.05) is 0 Å². The molecule has 5 aliphatic rings. The van der Waals surface area contributed by atoms with Crippen LogP contribution in [-0.4, -0.2) is 54.5 Å².